The molecule has 0 aromatic heterocycles. The Bertz CT molecular complexity index is 3540. The molecule has 4 aliphatic rings. The fourth-order valence-electron chi connectivity index (χ4n) is 11.8. The second kappa shape index (κ2) is 14.8. The minimum Gasteiger partial charge on any atom is -0.508 e. The molecule has 0 unspecified atom stereocenters. The predicted octanol–water partition coefficient (Wildman–Crippen LogP) is 11.6. The van der Waals surface area contributed by atoms with Crippen LogP contribution in [0.25, 0.3) is 22.3 Å². The monoisotopic (exact) mass is 890 g/mol. The van der Waals surface area contributed by atoms with Gasteiger partial charge in [-0.1, -0.05) is 145 Å². The molecule has 0 atom stereocenters. The van der Waals surface area contributed by atoms with E-state index in [4.69, 9.17) is 5.73 Å². The molecule has 0 saturated carbocycles. The number of phenols is 1. The summed E-state index contributed by atoms with van der Waals surface area (Å²) in [7, 11) is 0. The van der Waals surface area contributed by atoms with Gasteiger partial charge in [-0.2, -0.15) is 0 Å². The normalized spacial score (nSPS) is 13.9. The summed E-state index contributed by atoms with van der Waals surface area (Å²) in [5, 5.41) is 10.6. The summed E-state index contributed by atoms with van der Waals surface area (Å²) in [5.74, 6) is 0.249. The number of nitrogens with zero attached hydrogens (tertiary/aromatic N) is 3. The molecule has 0 radical (unpaired) electrons. The lowest BCUT2D eigenvalue weighted by Gasteiger charge is -2.50. The Kier molecular flexibility index (Phi) is 8.86. The highest BCUT2D eigenvalue weighted by Crippen LogP contribution is 2.49. The van der Waals surface area contributed by atoms with Gasteiger partial charge in [-0.25, -0.2) is 0 Å². The van der Waals surface area contributed by atoms with Gasteiger partial charge in [-0.15, -0.1) is 0 Å². The average molecular weight is 891 g/mol. The Morgan fingerprint density at radius 1 is 0.377 bits per heavy atom. The second-order valence-electron chi connectivity index (χ2n) is 21.4. The van der Waals surface area contributed by atoms with E-state index in [0.717, 1.165) is 45.1 Å². The van der Waals surface area contributed by atoms with E-state index in [1.807, 2.05) is 24.3 Å². The van der Waals surface area contributed by atoms with Crippen molar-refractivity contribution < 1.29 is 5.11 Å². The SMILES string of the molecule is CC(C)(C)c1ccc(N2c3ccccc3B3c4cc(-c5ccc(N)cc5)cc5c4N(c4cccc2c43)c2cc(-c3ccc(O)cc3)cc3c2B5c2ccccc2N3c2ccc(C(C)(C)C)cc2)cc1. The number of hydrogen-bond acceptors (Lipinski definition) is 5. The lowest BCUT2D eigenvalue weighted by Crippen LogP contribution is -2.68. The van der Waals surface area contributed by atoms with E-state index in [1.54, 1.807) is 12.1 Å². The first-order chi connectivity index (χ1) is 33.3. The Morgan fingerprint density at radius 2 is 0.783 bits per heavy atom. The van der Waals surface area contributed by atoms with Gasteiger partial charge < -0.3 is 25.5 Å². The maximum Gasteiger partial charge on any atom is 0.252 e. The van der Waals surface area contributed by atoms with E-state index in [9.17, 15) is 5.11 Å². The largest absolute Gasteiger partial charge is 0.508 e. The molecule has 5 nitrogen and oxygen atoms in total. The summed E-state index contributed by atoms with van der Waals surface area (Å²) in [4.78, 5) is 7.58. The van der Waals surface area contributed by atoms with Gasteiger partial charge in [0.15, 0.2) is 0 Å². The van der Waals surface area contributed by atoms with E-state index in [0.29, 0.717) is 0 Å². The highest BCUT2D eigenvalue weighted by atomic mass is 16.3. The van der Waals surface area contributed by atoms with E-state index >= 15 is 0 Å². The van der Waals surface area contributed by atoms with Gasteiger partial charge in [-0.3, -0.25) is 0 Å². The van der Waals surface area contributed by atoms with Crippen molar-refractivity contribution in [3.05, 3.63) is 199 Å². The molecule has 3 N–H and O–H groups in total. The first-order valence-electron chi connectivity index (χ1n) is 24.3. The lowest BCUT2D eigenvalue weighted by atomic mass is 9.29. The summed E-state index contributed by atoms with van der Waals surface area (Å²) in [5.41, 5.74) is 32.4. The van der Waals surface area contributed by atoms with E-state index < -0.39 is 0 Å². The molecule has 0 saturated heterocycles. The lowest BCUT2D eigenvalue weighted by molar-refractivity contribution is 0.475. The highest BCUT2D eigenvalue weighted by Gasteiger charge is 2.50. The van der Waals surface area contributed by atoms with Gasteiger partial charge in [0, 0.05) is 56.9 Å². The Balaban J connectivity index is 1.14. The summed E-state index contributed by atoms with van der Waals surface area (Å²) in [6, 6.07) is 69.2. The fraction of sp³-hybridized carbons (Fsp3) is 0.129. The third kappa shape index (κ3) is 6.26. The number of hydrogen-bond donors (Lipinski definition) is 2. The maximum absolute atomic E-state index is 10.6. The van der Waals surface area contributed by atoms with Crippen LogP contribution in [-0.4, -0.2) is 18.5 Å². The van der Waals surface area contributed by atoms with Crippen LogP contribution in [0.4, 0.5) is 56.9 Å². The van der Waals surface area contributed by atoms with Crippen molar-refractivity contribution >= 4 is 103 Å². The third-order valence-electron chi connectivity index (χ3n) is 15.2. The van der Waals surface area contributed by atoms with Crippen LogP contribution >= 0.6 is 0 Å². The molecular weight excluding hydrogens is 838 g/mol. The minimum absolute atomic E-state index is 0.0118. The van der Waals surface area contributed by atoms with Crippen molar-refractivity contribution in [1.29, 1.82) is 0 Å². The van der Waals surface area contributed by atoms with Crippen LogP contribution in [0.15, 0.2) is 188 Å². The van der Waals surface area contributed by atoms with Gasteiger partial charge in [0.1, 0.15) is 5.75 Å². The maximum atomic E-state index is 10.6. The molecule has 9 aromatic carbocycles. The Labute approximate surface area is 406 Å². The molecule has 4 heterocycles. The van der Waals surface area contributed by atoms with Crippen molar-refractivity contribution in [1.82, 2.24) is 0 Å². The van der Waals surface area contributed by atoms with Crippen molar-refractivity contribution in [2.24, 2.45) is 0 Å². The number of fused-ring (bicyclic) bond motifs is 8. The average Bonchev–Trinajstić information content (AvgIpc) is 3.35. The Hall–Kier alpha value is -7.89. The van der Waals surface area contributed by atoms with Crippen LogP contribution < -0.4 is 53.2 Å². The van der Waals surface area contributed by atoms with Gasteiger partial charge in [-0.05, 0) is 162 Å². The predicted molar refractivity (Wildman–Crippen MR) is 294 cm³/mol. The summed E-state index contributed by atoms with van der Waals surface area (Å²) >= 11 is 0. The van der Waals surface area contributed by atoms with Crippen LogP contribution in [0, 0.1) is 0 Å². The molecule has 0 bridgehead atoms. The number of anilines is 10. The van der Waals surface area contributed by atoms with Gasteiger partial charge in [0.05, 0.1) is 0 Å². The van der Waals surface area contributed by atoms with Gasteiger partial charge in [0.2, 0.25) is 0 Å². The number of nitrogens with two attached hydrogens (primary N) is 1. The summed E-state index contributed by atoms with van der Waals surface area (Å²) < 4.78 is 0. The molecule has 69 heavy (non-hydrogen) atoms. The van der Waals surface area contributed by atoms with Crippen molar-refractivity contribution in [3.8, 4) is 28.0 Å². The third-order valence-corrected chi connectivity index (χ3v) is 15.2. The molecule has 0 fully saturated rings. The van der Waals surface area contributed by atoms with Crippen LogP contribution in [0.2, 0.25) is 0 Å². The first-order valence-corrected chi connectivity index (χ1v) is 24.3. The van der Waals surface area contributed by atoms with Crippen molar-refractivity contribution in [2.45, 2.75) is 52.4 Å². The molecule has 4 aliphatic heterocycles. The molecular formula is C62H52B2N4O. The number of aromatic hydroxyl groups is 1. The van der Waals surface area contributed by atoms with Crippen LogP contribution in [0.5, 0.6) is 5.75 Å². The molecule has 0 aliphatic carbocycles. The zero-order chi connectivity index (χ0) is 47.1. The quantitative estimate of drug-likeness (QED) is 0.136. The zero-order valence-corrected chi connectivity index (χ0v) is 39.9. The minimum atomic E-state index is -0.0784. The molecule has 9 aromatic rings. The van der Waals surface area contributed by atoms with Crippen molar-refractivity contribution in [2.75, 3.05) is 20.4 Å². The fourth-order valence-corrected chi connectivity index (χ4v) is 11.8. The van der Waals surface area contributed by atoms with Crippen LogP contribution in [0.1, 0.15) is 52.7 Å². The molecule has 332 valence electrons. The topological polar surface area (TPSA) is 56.0 Å². The molecule has 0 amide bonds. The summed E-state index contributed by atoms with van der Waals surface area (Å²) in [6.07, 6.45) is 0. The highest BCUT2D eigenvalue weighted by molar-refractivity contribution is 7.04. The number of benzene rings is 9. The van der Waals surface area contributed by atoms with Crippen LogP contribution in [-0.2, 0) is 10.8 Å². The number of phenolic OH excluding ortho intramolecular Hbond substituents is 1. The smallest absolute Gasteiger partial charge is 0.252 e. The van der Waals surface area contributed by atoms with Crippen LogP contribution in [0.3, 0.4) is 0 Å². The molecule has 13 rings (SSSR count). The van der Waals surface area contributed by atoms with Gasteiger partial charge >= 0.3 is 0 Å². The zero-order valence-electron chi connectivity index (χ0n) is 39.9. The Morgan fingerprint density at radius 3 is 1.29 bits per heavy atom. The first kappa shape index (κ1) is 41.3. The van der Waals surface area contributed by atoms with Crippen molar-refractivity contribution in [3.63, 3.8) is 0 Å². The number of nitrogen functional groups attached to an aromatic ring is 1. The second-order valence-corrected chi connectivity index (χ2v) is 21.4. The molecule has 7 heteroatoms. The number of para-hydroxylation sites is 2. The van der Waals surface area contributed by atoms with E-state index in [2.05, 4.69) is 208 Å². The van der Waals surface area contributed by atoms with Gasteiger partial charge in [0.25, 0.3) is 13.4 Å². The van der Waals surface area contributed by atoms with E-state index in [1.165, 1.54) is 77.9 Å². The standard InChI is InChI=1S/C62H52B2N4O/c1-61(2,3)42-22-28-45(29-23-42)66-52-14-9-7-12-48(52)63-50-34-40(38-18-26-44(65)27-19-38)35-51-60(50)68(55-17-11-16-54(66)58(55)63)57-37-41(39-20-32-47(69)33-21-39)36-56-59(57)64(51)49-13-8-10-15-53(49)67(56)46-30-24-43(25-31-46)62(4,5)6/h7-37,69H,65H2,1-6H3. The molecule has 0 spiro atoms. The van der Waals surface area contributed by atoms with E-state index in [-0.39, 0.29) is 30.0 Å². The number of rotatable bonds is 4. The summed E-state index contributed by atoms with van der Waals surface area (Å²) in [6.45, 7) is 13.5.